The maximum atomic E-state index is 10.6. The monoisotopic (exact) mass is 569 g/mol. The van der Waals surface area contributed by atoms with Crippen LogP contribution in [0.5, 0.6) is 0 Å². The molecule has 5 rings (SSSR count). The van der Waals surface area contributed by atoms with E-state index in [4.69, 9.17) is 29.5 Å². The predicted octanol–water partition coefficient (Wildman–Crippen LogP) is 2.79. The molecule has 2 aliphatic heterocycles. The van der Waals surface area contributed by atoms with Crippen molar-refractivity contribution in [3.05, 3.63) is 30.1 Å². The fourth-order valence-electron chi connectivity index (χ4n) is 4.11. The zero-order valence-corrected chi connectivity index (χ0v) is 20.7. The van der Waals surface area contributed by atoms with Crippen molar-refractivity contribution in [2.75, 3.05) is 57.4 Å². The molecule has 218 valence electrons. The summed E-state index contributed by atoms with van der Waals surface area (Å²) in [5, 5.41) is 17.8. The quantitative estimate of drug-likeness (QED) is 0.478. The molecule has 2 saturated heterocycles. The molecular formula is C23H29F6N5O5. The summed E-state index contributed by atoms with van der Waals surface area (Å²) in [7, 11) is 0. The summed E-state index contributed by atoms with van der Waals surface area (Å²) in [5.41, 5.74) is 2.25. The van der Waals surface area contributed by atoms with Crippen molar-refractivity contribution < 1.29 is 50.9 Å². The van der Waals surface area contributed by atoms with E-state index in [0.29, 0.717) is 6.04 Å². The van der Waals surface area contributed by atoms with Crippen molar-refractivity contribution in [3.8, 4) is 0 Å². The number of alkyl halides is 6. The van der Waals surface area contributed by atoms with Crippen molar-refractivity contribution in [2.45, 2.75) is 31.2 Å². The highest BCUT2D eigenvalue weighted by molar-refractivity contribution is 5.73. The average Bonchev–Trinajstić information content (AvgIpc) is 3.58. The summed E-state index contributed by atoms with van der Waals surface area (Å²) in [4.78, 5) is 27.8. The van der Waals surface area contributed by atoms with Gasteiger partial charge >= 0.3 is 24.3 Å². The third kappa shape index (κ3) is 8.96. The van der Waals surface area contributed by atoms with Crippen LogP contribution >= 0.6 is 0 Å². The molecule has 3 aliphatic rings. The second-order valence-electron chi connectivity index (χ2n) is 9.14. The molecule has 2 aromatic heterocycles. The Balaban J connectivity index is 0.000000251. The van der Waals surface area contributed by atoms with Gasteiger partial charge in [-0.3, -0.25) is 9.30 Å². The first-order valence-corrected chi connectivity index (χ1v) is 12.1. The minimum absolute atomic E-state index is 0.395. The van der Waals surface area contributed by atoms with Crippen LogP contribution in [0.2, 0.25) is 0 Å². The number of carboxylic acids is 2. The second kappa shape index (κ2) is 12.8. The first kappa shape index (κ1) is 30.4. The Morgan fingerprint density at radius 1 is 1.00 bits per heavy atom. The first-order chi connectivity index (χ1) is 18.3. The van der Waals surface area contributed by atoms with E-state index in [2.05, 4.69) is 43.9 Å². The van der Waals surface area contributed by atoms with E-state index >= 15 is 0 Å². The molecule has 16 heteroatoms. The molecule has 1 aliphatic carbocycles. The van der Waals surface area contributed by atoms with Crippen LogP contribution < -0.4 is 10.2 Å². The second-order valence-corrected chi connectivity index (χ2v) is 9.14. The number of imidazole rings is 1. The molecule has 0 aromatic carbocycles. The van der Waals surface area contributed by atoms with Gasteiger partial charge in [0.1, 0.15) is 11.5 Å². The van der Waals surface area contributed by atoms with Crippen LogP contribution in [-0.4, -0.2) is 101 Å². The third-order valence-corrected chi connectivity index (χ3v) is 6.19. The van der Waals surface area contributed by atoms with Crippen molar-refractivity contribution in [1.29, 1.82) is 0 Å². The number of carbonyl (C=O) groups is 2. The number of nitrogens with zero attached hydrogens (tertiary/aromatic N) is 4. The number of aliphatic carboxylic acids is 2. The van der Waals surface area contributed by atoms with Crippen LogP contribution in [0.1, 0.15) is 24.6 Å². The van der Waals surface area contributed by atoms with Gasteiger partial charge in [0.2, 0.25) is 0 Å². The highest BCUT2D eigenvalue weighted by Crippen LogP contribution is 2.33. The van der Waals surface area contributed by atoms with E-state index in [9.17, 15) is 26.3 Å². The highest BCUT2D eigenvalue weighted by Gasteiger charge is 2.39. The SMILES string of the molecule is O=C(O)C(F)(F)F.O=C(O)C(F)(F)F.c1cc(N2CCOCC2)n2cc(C3CNCCN3CC3CC3)nc2c1. The van der Waals surface area contributed by atoms with Crippen molar-refractivity contribution >= 4 is 23.4 Å². The van der Waals surface area contributed by atoms with E-state index in [1.165, 1.54) is 30.9 Å². The van der Waals surface area contributed by atoms with E-state index in [-0.39, 0.29) is 0 Å². The molecule has 4 heterocycles. The average molecular weight is 570 g/mol. The predicted molar refractivity (Wildman–Crippen MR) is 126 cm³/mol. The molecule has 10 nitrogen and oxygen atoms in total. The van der Waals surface area contributed by atoms with Gasteiger partial charge in [-0.25, -0.2) is 14.6 Å². The highest BCUT2D eigenvalue weighted by atomic mass is 19.4. The summed E-state index contributed by atoms with van der Waals surface area (Å²) >= 11 is 0. The largest absolute Gasteiger partial charge is 0.490 e. The number of hydrogen-bond acceptors (Lipinski definition) is 7. The van der Waals surface area contributed by atoms with Crippen molar-refractivity contribution in [2.24, 2.45) is 5.92 Å². The zero-order chi connectivity index (χ0) is 28.8. The molecule has 3 N–H and O–H groups in total. The topological polar surface area (TPSA) is 120 Å². The minimum atomic E-state index is -5.08. The molecule has 0 radical (unpaired) electrons. The number of hydrogen-bond donors (Lipinski definition) is 3. The number of pyridine rings is 1. The standard InChI is InChI=1S/C19H27N5O.2C2HF3O2/c1-2-18-21-16(17-12-20-6-7-23(17)13-15-4-5-15)14-24(18)19(3-1)22-8-10-25-11-9-22;2*3-2(4,5)1(6)7/h1-3,14-15,17,20H,4-13H2;2*(H,6,7). The number of rotatable bonds is 4. The fourth-order valence-corrected chi connectivity index (χ4v) is 4.11. The Kier molecular flexibility index (Phi) is 10.0. The maximum Gasteiger partial charge on any atom is 0.490 e. The lowest BCUT2D eigenvalue weighted by Gasteiger charge is -2.35. The van der Waals surface area contributed by atoms with E-state index in [1.807, 2.05) is 0 Å². The Labute approximate surface area is 219 Å². The summed E-state index contributed by atoms with van der Waals surface area (Å²) < 4.78 is 71.2. The number of aromatic nitrogens is 2. The lowest BCUT2D eigenvalue weighted by Crippen LogP contribution is -2.46. The normalized spacial score (nSPS) is 20.5. The molecule has 2 aromatic rings. The van der Waals surface area contributed by atoms with Gasteiger partial charge in [-0.2, -0.15) is 26.3 Å². The fraction of sp³-hybridized carbons (Fsp3) is 0.609. The smallest absolute Gasteiger partial charge is 0.475 e. The Bertz CT molecular complexity index is 1090. The van der Waals surface area contributed by atoms with Crippen molar-refractivity contribution in [3.63, 3.8) is 0 Å². The lowest BCUT2D eigenvalue weighted by molar-refractivity contribution is -0.193. The number of fused-ring (bicyclic) bond motifs is 1. The van der Waals surface area contributed by atoms with E-state index in [0.717, 1.165) is 57.5 Å². The van der Waals surface area contributed by atoms with Crippen LogP contribution in [0.15, 0.2) is 24.4 Å². The molecule has 39 heavy (non-hydrogen) atoms. The summed E-state index contributed by atoms with van der Waals surface area (Å²) in [6.45, 7) is 7.97. The van der Waals surface area contributed by atoms with Crippen LogP contribution in [0.4, 0.5) is 32.2 Å². The Hall–Kier alpha value is -3.11. The van der Waals surface area contributed by atoms with Gasteiger partial charge in [-0.1, -0.05) is 6.07 Å². The number of halogens is 6. The van der Waals surface area contributed by atoms with E-state index < -0.39 is 24.3 Å². The molecule has 0 spiro atoms. The molecule has 1 atom stereocenters. The van der Waals surface area contributed by atoms with Crippen LogP contribution in [0.25, 0.3) is 5.65 Å². The minimum Gasteiger partial charge on any atom is -0.475 e. The number of carboxylic acid groups (broad SMARTS) is 2. The number of ether oxygens (including phenoxy) is 1. The molecule has 3 fully saturated rings. The van der Waals surface area contributed by atoms with Crippen molar-refractivity contribution in [1.82, 2.24) is 19.6 Å². The third-order valence-electron chi connectivity index (χ3n) is 6.19. The van der Waals surface area contributed by atoms with Gasteiger partial charge in [0, 0.05) is 45.5 Å². The Morgan fingerprint density at radius 3 is 2.13 bits per heavy atom. The number of anilines is 1. The molecule has 0 bridgehead atoms. The van der Waals surface area contributed by atoms with E-state index in [1.54, 1.807) is 0 Å². The number of piperazine rings is 1. The van der Waals surface area contributed by atoms with Gasteiger partial charge < -0.3 is 25.2 Å². The molecule has 1 unspecified atom stereocenters. The number of morpholine rings is 1. The van der Waals surface area contributed by atoms with Gasteiger partial charge in [0.25, 0.3) is 0 Å². The molecule has 1 saturated carbocycles. The molecule has 0 amide bonds. The van der Waals surface area contributed by atoms with Gasteiger partial charge in [0.05, 0.1) is 24.9 Å². The summed E-state index contributed by atoms with van der Waals surface area (Å²) in [6.07, 6.45) is -5.09. The number of nitrogens with one attached hydrogen (secondary N) is 1. The van der Waals surface area contributed by atoms with Crippen LogP contribution in [0, 0.1) is 5.92 Å². The van der Waals surface area contributed by atoms with Gasteiger partial charge in [0.15, 0.2) is 0 Å². The lowest BCUT2D eigenvalue weighted by atomic mass is 10.1. The maximum absolute atomic E-state index is 10.6. The summed E-state index contributed by atoms with van der Waals surface area (Å²) in [5.74, 6) is -3.36. The molecular weight excluding hydrogens is 540 g/mol. The Morgan fingerprint density at radius 2 is 1.59 bits per heavy atom. The van der Waals surface area contributed by atoms with Crippen LogP contribution in [-0.2, 0) is 14.3 Å². The first-order valence-electron chi connectivity index (χ1n) is 12.1. The van der Waals surface area contributed by atoms with Gasteiger partial charge in [-0.15, -0.1) is 0 Å². The van der Waals surface area contributed by atoms with Crippen LogP contribution in [0.3, 0.4) is 0 Å². The summed E-state index contributed by atoms with van der Waals surface area (Å²) in [6, 6.07) is 6.84. The van der Waals surface area contributed by atoms with Gasteiger partial charge in [-0.05, 0) is 30.9 Å². The zero-order valence-electron chi connectivity index (χ0n) is 20.7.